The molecular formula is C13H15BrN2OS. The Balaban J connectivity index is 2.20. The maximum atomic E-state index is 5.38. The molecule has 0 saturated carbocycles. The van der Waals surface area contributed by atoms with E-state index in [2.05, 4.69) is 37.7 Å². The van der Waals surface area contributed by atoms with E-state index in [-0.39, 0.29) is 6.04 Å². The predicted molar refractivity (Wildman–Crippen MR) is 78.3 cm³/mol. The molecule has 2 heterocycles. The Morgan fingerprint density at radius 2 is 2.33 bits per heavy atom. The normalized spacial score (nSPS) is 12.4. The number of hydrogen-bond donors (Lipinski definition) is 1. The molecular weight excluding hydrogens is 312 g/mol. The van der Waals surface area contributed by atoms with Crippen molar-refractivity contribution in [3.05, 3.63) is 44.8 Å². The molecule has 0 saturated heterocycles. The second-order valence-electron chi connectivity index (χ2n) is 3.91. The van der Waals surface area contributed by atoms with Crippen molar-refractivity contribution in [2.45, 2.75) is 12.5 Å². The Bertz CT molecular complexity index is 515. The van der Waals surface area contributed by atoms with Crippen LogP contribution in [0.1, 0.15) is 16.5 Å². The molecule has 0 spiro atoms. The lowest BCUT2D eigenvalue weighted by atomic mass is 10.1. The fraction of sp³-hybridized carbons (Fsp3) is 0.308. The lowest BCUT2D eigenvalue weighted by molar-refractivity contribution is 0.405. The molecule has 1 unspecified atom stereocenters. The van der Waals surface area contributed by atoms with Gasteiger partial charge in [-0.25, -0.2) is 0 Å². The number of ether oxygens (including phenoxy) is 1. The second kappa shape index (κ2) is 6.31. The predicted octanol–water partition coefficient (Wildman–Crippen LogP) is 3.42. The van der Waals surface area contributed by atoms with Crippen LogP contribution in [0.2, 0.25) is 0 Å². The van der Waals surface area contributed by atoms with Gasteiger partial charge in [-0.05, 0) is 52.5 Å². The van der Waals surface area contributed by atoms with Gasteiger partial charge in [-0.3, -0.25) is 4.98 Å². The van der Waals surface area contributed by atoms with Crippen molar-refractivity contribution in [1.29, 1.82) is 0 Å². The van der Waals surface area contributed by atoms with E-state index < -0.39 is 0 Å². The van der Waals surface area contributed by atoms with Crippen molar-refractivity contribution in [3.8, 4) is 5.75 Å². The highest BCUT2D eigenvalue weighted by atomic mass is 79.9. The van der Waals surface area contributed by atoms with Gasteiger partial charge in [0.05, 0.1) is 12.0 Å². The Kier molecular flexibility index (Phi) is 4.74. The number of rotatable bonds is 5. The number of nitrogens with one attached hydrogen (secondary N) is 1. The quantitative estimate of drug-likeness (QED) is 0.914. The van der Waals surface area contributed by atoms with Crippen LogP contribution in [-0.2, 0) is 6.42 Å². The number of thiophene rings is 1. The summed E-state index contributed by atoms with van der Waals surface area (Å²) in [5.74, 6) is 0.947. The van der Waals surface area contributed by atoms with Gasteiger partial charge in [0.2, 0.25) is 0 Å². The number of pyridine rings is 1. The average Bonchev–Trinajstić information content (AvgIpc) is 2.84. The fourth-order valence-electron chi connectivity index (χ4n) is 1.86. The van der Waals surface area contributed by atoms with E-state index in [1.54, 1.807) is 24.6 Å². The molecule has 1 atom stereocenters. The van der Waals surface area contributed by atoms with Crippen LogP contribution < -0.4 is 10.1 Å². The Morgan fingerprint density at radius 3 is 3.00 bits per heavy atom. The van der Waals surface area contributed by atoms with Crippen molar-refractivity contribution < 1.29 is 4.74 Å². The molecule has 2 aromatic heterocycles. The molecule has 5 heteroatoms. The highest BCUT2D eigenvalue weighted by Gasteiger charge is 2.16. The SMILES string of the molecule is CNC(Cc1cncc(Br)c1)c1sccc1OC. The van der Waals surface area contributed by atoms with Gasteiger partial charge >= 0.3 is 0 Å². The van der Waals surface area contributed by atoms with E-state index in [4.69, 9.17) is 4.74 Å². The molecule has 2 aromatic rings. The number of halogens is 1. The Labute approximate surface area is 119 Å². The van der Waals surface area contributed by atoms with Crippen LogP contribution in [0.3, 0.4) is 0 Å². The maximum absolute atomic E-state index is 5.38. The highest BCUT2D eigenvalue weighted by Crippen LogP contribution is 2.32. The monoisotopic (exact) mass is 326 g/mol. The molecule has 2 rings (SSSR count). The molecule has 0 aromatic carbocycles. The first kappa shape index (κ1) is 13.5. The van der Waals surface area contributed by atoms with E-state index in [0.717, 1.165) is 16.6 Å². The van der Waals surface area contributed by atoms with Crippen LogP contribution in [-0.4, -0.2) is 19.1 Å². The average molecular weight is 327 g/mol. The van der Waals surface area contributed by atoms with Crippen molar-refractivity contribution in [2.24, 2.45) is 0 Å². The first-order valence-electron chi connectivity index (χ1n) is 5.62. The van der Waals surface area contributed by atoms with E-state index in [1.807, 2.05) is 19.3 Å². The van der Waals surface area contributed by atoms with Gasteiger partial charge in [0.1, 0.15) is 5.75 Å². The first-order chi connectivity index (χ1) is 8.74. The van der Waals surface area contributed by atoms with E-state index in [1.165, 1.54) is 10.4 Å². The van der Waals surface area contributed by atoms with Crippen LogP contribution >= 0.6 is 27.3 Å². The lowest BCUT2D eigenvalue weighted by Crippen LogP contribution is -2.18. The summed E-state index contributed by atoms with van der Waals surface area (Å²) in [6.07, 6.45) is 4.58. The van der Waals surface area contributed by atoms with Gasteiger partial charge in [0, 0.05) is 22.9 Å². The number of methoxy groups -OCH3 is 1. The summed E-state index contributed by atoms with van der Waals surface area (Å²) in [5, 5.41) is 5.39. The molecule has 96 valence electrons. The van der Waals surface area contributed by atoms with Crippen LogP contribution in [0.25, 0.3) is 0 Å². The summed E-state index contributed by atoms with van der Waals surface area (Å²) >= 11 is 5.16. The summed E-state index contributed by atoms with van der Waals surface area (Å²) in [6.45, 7) is 0. The number of hydrogen-bond acceptors (Lipinski definition) is 4. The minimum absolute atomic E-state index is 0.246. The molecule has 0 aliphatic heterocycles. The van der Waals surface area contributed by atoms with Gasteiger partial charge in [-0.15, -0.1) is 11.3 Å². The zero-order valence-electron chi connectivity index (χ0n) is 10.3. The third-order valence-corrected chi connectivity index (χ3v) is 4.19. The molecule has 0 fully saturated rings. The summed E-state index contributed by atoms with van der Waals surface area (Å²) < 4.78 is 6.38. The third kappa shape index (κ3) is 3.10. The van der Waals surface area contributed by atoms with Crippen LogP contribution in [0, 0.1) is 0 Å². The molecule has 0 bridgehead atoms. The molecule has 18 heavy (non-hydrogen) atoms. The van der Waals surface area contributed by atoms with Gasteiger partial charge in [0.15, 0.2) is 0 Å². The third-order valence-electron chi connectivity index (χ3n) is 2.74. The van der Waals surface area contributed by atoms with Gasteiger partial charge in [-0.1, -0.05) is 0 Å². The van der Waals surface area contributed by atoms with Crippen LogP contribution in [0.15, 0.2) is 34.4 Å². The Morgan fingerprint density at radius 1 is 1.50 bits per heavy atom. The van der Waals surface area contributed by atoms with E-state index >= 15 is 0 Å². The second-order valence-corrected chi connectivity index (χ2v) is 5.77. The van der Waals surface area contributed by atoms with E-state index in [0.29, 0.717) is 0 Å². The molecule has 3 nitrogen and oxygen atoms in total. The number of likely N-dealkylation sites (N-methyl/N-ethyl adjacent to an activating group) is 1. The van der Waals surface area contributed by atoms with Gasteiger partial charge < -0.3 is 10.1 Å². The molecule has 0 amide bonds. The van der Waals surface area contributed by atoms with Gasteiger partial charge in [-0.2, -0.15) is 0 Å². The standard InChI is InChI=1S/C13H15BrN2OS/c1-15-11(13-12(17-2)3-4-18-13)6-9-5-10(14)8-16-7-9/h3-5,7-8,11,15H,6H2,1-2H3. The first-order valence-corrected chi connectivity index (χ1v) is 7.30. The minimum atomic E-state index is 0.246. The molecule has 0 aliphatic carbocycles. The smallest absolute Gasteiger partial charge is 0.134 e. The molecule has 0 radical (unpaired) electrons. The maximum Gasteiger partial charge on any atom is 0.134 e. The van der Waals surface area contributed by atoms with Crippen molar-refractivity contribution >= 4 is 27.3 Å². The topological polar surface area (TPSA) is 34.2 Å². The minimum Gasteiger partial charge on any atom is -0.496 e. The summed E-state index contributed by atoms with van der Waals surface area (Å²) in [6, 6.07) is 4.34. The molecule has 1 N–H and O–H groups in total. The highest BCUT2D eigenvalue weighted by molar-refractivity contribution is 9.10. The Hall–Kier alpha value is -0.910. The van der Waals surface area contributed by atoms with Gasteiger partial charge in [0.25, 0.3) is 0 Å². The zero-order chi connectivity index (χ0) is 13.0. The van der Waals surface area contributed by atoms with E-state index in [9.17, 15) is 0 Å². The fourth-order valence-corrected chi connectivity index (χ4v) is 3.24. The molecule has 0 aliphatic rings. The number of nitrogens with zero attached hydrogens (tertiary/aromatic N) is 1. The zero-order valence-corrected chi connectivity index (χ0v) is 12.7. The van der Waals surface area contributed by atoms with Crippen molar-refractivity contribution in [1.82, 2.24) is 10.3 Å². The lowest BCUT2D eigenvalue weighted by Gasteiger charge is -2.16. The van der Waals surface area contributed by atoms with Crippen molar-refractivity contribution in [2.75, 3.05) is 14.2 Å². The van der Waals surface area contributed by atoms with Crippen LogP contribution in [0.5, 0.6) is 5.75 Å². The largest absolute Gasteiger partial charge is 0.496 e. The summed E-state index contributed by atoms with van der Waals surface area (Å²) in [4.78, 5) is 5.42. The van der Waals surface area contributed by atoms with Crippen molar-refractivity contribution in [3.63, 3.8) is 0 Å². The van der Waals surface area contributed by atoms with Crippen LogP contribution in [0.4, 0.5) is 0 Å². The summed E-state index contributed by atoms with van der Waals surface area (Å²) in [5.41, 5.74) is 1.19. The number of aromatic nitrogens is 1. The summed E-state index contributed by atoms with van der Waals surface area (Å²) in [7, 11) is 3.67.